The van der Waals surface area contributed by atoms with Crippen LogP contribution in [0.1, 0.15) is 50.4 Å². The lowest BCUT2D eigenvalue weighted by molar-refractivity contribution is -0.123. The van der Waals surface area contributed by atoms with Gasteiger partial charge in [0.1, 0.15) is 11.9 Å². The van der Waals surface area contributed by atoms with E-state index >= 15 is 0 Å². The second kappa shape index (κ2) is 9.59. The molecule has 0 bridgehead atoms. The predicted octanol–water partition coefficient (Wildman–Crippen LogP) is 4.78. The number of aryl methyl sites for hydroxylation is 1. The zero-order valence-corrected chi connectivity index (χ0v) is 20.1. The molecule has 0 saturated heterocycles. The number of nitrogens with zero attached hydrogens (tertiary/aromatic N) is 2. The minimum Gasteiger partial charge on any atom is -0.493 e. The molecule has 1 unspecified atom stereocenters. The molecule has 0 saturated carbocycles. The highest BCUT2D eigenvalue weighted by atomic mass is 16.5. The Kier molecular flexibility index (Phi) is 6.58. The van der Waals surface area contributed by atoms with E-state index in [1.54, 1.807) is 18.9 Å². The predicted molar refractivity (Wildman–Crippen MR) is 132 cm³/mol. The minimum atomic E-state index is -0.718. The zero-order valence-electron chi connectivity index (χ0n) is 20.1. The van der Waals surface area contributed by atoms with Gasteiger partial charge in [-0.3, -0.25) is 9.59 Å². The number of anilines is 2. The van der Waals surface area contributed by atoms with E-state index < -0.39 is 6.04 Å². The molecule has 1 aliphatic heterocycles. The number of benzene rings is 2. The van der Waals surface area contributed by atoms with E-state index in [2.05, 4.69) is 29.6 Å². The molecule has 0 fully saturated rings. The summed E-state index contributed by atoms with van der Waals surface area (Å²) in [6, 6.07) is 12.6. The van der Waals surface area contributed by atoms with E-state index in [0.717, 1.165) is 16.8 Å². The van der Waals surface area contributed by atoms with Crippen LogP contribution < -0.4 is 20.1 Å². The quantitative estimate of drug-likeness (QED) is 0.503. The zero-order chi connectivity index (χ0) is 24.4. The number of amides is 2. The first-order valence-electron chi connectivity index (χ1n) is 11.4. The van der Waals surface area contributed by atoms with Crippen LogP contribution in [0.3, 0.4) is 0 Å². The van der Waals surface area contributed by atoms with Crippen molar-refractivity contribution in [3.05, 3.63) is 53.7 Å². The smallest absolute Gasteiger partial charge is 0.251 e. The van der Waals surface area contributed by atoms with E-state index in [9.17, 15) is 9.59 Å². The number of nitrogens with one attached hydrogen (secondary N) is 2. The van der Waals surface area contributed by atoms with Crippen LogP contribution in [0, 0.1) is 0 Å². The number of rotatable bonds is 8. The van der Waals surface area contributed by atoms with Gasteiger partial charge in [0.2, 0.25) is 5.91 Å². The van der Waals surface area contributed by atoms with Gasteiger partial charge in [0.25, 0.3) is 5.91 Å². The van der Waals surface area contributed by atoms with Gasteiger partial charge in [-0.25, -0.2) is 4.68 Å². The third kappa shape index (κ3) is 4.35. The fourth-order valence-corrected chi connectivity index (χ4v) is 4.20. The highest BCUT2D eigenvalue weighted by molar-refractivity contribution is 6.04. The van der Waals surface area contributed by atoms with Gasteiger partial charge in [-0.2, -0.15) is 5.10 Å². The third-order valence-electron chi connectivity index (χ3n) is 6.07. The van der Waals surface area contributed by atoms with Crippen molar-refractivity contribution in [2.75, 3.05) is 24.9 Å². The Morgan fingerprint density at radius 1 is 1.12 bits per heavy atom. The Bertz CT molecular complexity index is 1210. The first-order chi connectivity index (χ1) is 16.4. The van der Waals surface area contributed by atoms with Crippen LogP contribution in [0.25, 0.3) is 11.1 Å². The molecule has 1 aromatic heterocycles. The Balaban J connectivity index is 1.59. The maximum Gasteiger partial charge on any atom is 0.251 e. The standard InChI is InChI=1S/C26H30N4O4/c1-6-19-24(17-9-12-21(33-4)22(13-17)34-5)25-28-26(32)20(30(25)29-19)14-23(31)27-18-10-7-16(8-11-18)15(2)3/h7-13,15,20H,6,14H2,1-5H3,(H,27,31)(H,28,32). The van der Waals surface area contributed by atoms with E-state index in [-0.39, 0.29) is 18.2 Å². The summed E-state index contributed by atoms with van der Waals surface area (Å²) >= 11 is 0. The molecule has 2 amide bonds. The maximum atomic E-state index is 12.8. The number of ether oxygens (including phenoxy) is 2. The van der Waals surface area contributed by atoms with Crippen molar-refractivity contribution in [2.45, 2.75) is 45.6 Å². The van der Waals surface area contributed by atoms with Crippen LogP contribution in [0.4, 0.5) is 11.5 Å². The van der Waals surface area contributed by atoms with Crippen molar-refractivity contribution < 1.29 is 19.1 Å². The molecule has 1 aliphatic rings. The van der Waals surface area contributed by atoms with Crippen molar-refractivity contribution in [2.24, 2.45) is 0 Å². The van der Waals surface area contributed by atoms with Crippen molar-refractivity contribution >= 4 is 23.3 Å². The van der Waals surface area contributed by atoms with Gasteiger partial charge in [-0.15, -0.1) is 0 Å². The van der Waals surface area contributed by atoms with Crippen molar-refractivity contribution in [1.29, 1.82) is 0 Å². The van der Waals surface area contributed by atoms with Crippen LogP contribution in [-0.2, 0) is 16.0 Å². The molecule has 2 heterocycles. The lowest BCUT2D eigenvalue weighted by Gasteiger charge is -2.11. The van der Waals surface area contributed by atoms with Crippen molar-refractivity contribution in [1.82, 2.24) is 9.78 Å². The molecule has 0 radical (unpaired) electrons. The molecule has 2 aromatic carbocycles. The first-order valence-corrected chi connectivity index (χ1v) is 11.4. The summed E-state index contributed by atoms with van der Waals surface area (Å²) in [7, 11) is 3.17. The Labute approximate surface area is 199 Å². The second-order valence-electron chi connectivity index (χ2n) is 8.57. The maximum absolute atomic E-state index is 12.8. The van der Waals surface area contributed by atoms with E-state index in [4.69, 9.17) is 9.47 Å². The SMILES string of the molecule is CCc1nn2c(c1-c1ccc(OC)c(OC)c1)NC(=O)C2CC(=O)Nc1ccc(C(C)C)cc1. The van der Waals surface area contributed by atoms with Gasteiger partial charge < -0.3 is 20.1 Å². The van der Waals surface area contributed by atoms with Crippen molar-refractivity contribution in [3.63, 3.8) is 0 Å². The van der Waals surface area contributed by atoms with Crippen LogP contribution in [0.5, 0.6) is 11.5 Å². The van der Waals surface area contributed by atoms with E-state index in [0.29, 0.717) is 35.3 Å². The molecule has 1 atom stereocenters. The summed E-state index contributed by atoms with van der Waals surface area (Å²) in [6.45, 7) is 6.25. The summed E-state index contributed by atoms with van der Waals surface area (Å²) in [6.07, 6.45) is 0.654. The molecule has 34 heavy (non-hydrogen) atoms. The minimum absolute atomic E-state index is 0.0129. The Morgan fingerprint density at radius 2 is 1.82 bits per heavy atom. The van der Waals surface area contributed by atoms with Gasteiger partial charge in [-0.05, 0) is 47.7 Å². The van der Waals surface area contributed by atoms with Gasteiger partial charge >= 0.3 is 0 Å². The molecule has 3 aromatic rings. The molecule has 0 spiro atoms. The Hall–Kier alpha value is -3.81. The largest absolute Gasteiger partial charge is 0.493 e. The lowest BCUT2D eigenvalue weighted by Crippen LogP contribution is -2.24. The molecule has 2 N–H and O–H groups in total. The molecular formula is C26H30N4O4. The van der Waals surface area contributed by atoms with E-state index in [1.807, 2.05) is 49.4 Å². The van der Waals surface area contributed by atoms with Crippen LogP contribution >= 0.6 is 0 Å². The molecule has 178 valence electrons. The number of hydrogen-bond donors (Lipinski definition) is 2. The topological polar surface area (TPSA) is 94.5 Å². The number of hydrogen-bond acceptors (Lipinski definition) is 5. The number of aromatic nitrogens is 2. The third-order valence-corrected chi connectivity index (χ3v) is 6.07. The summed E-state index contributed by atoms with van der Waals surface area (Å²) in [5, 5.41) is 10.5. The van der Waals surface area contributed by atoms with Crippen molar-refractivity contribution in [3.8, 4) is 22.6 Å². The highest BCUT2D eigenvalue weighted by Gasteiger charge is 2.37. The summed E-state index contributed by atoms with van der Waals surface area (Å²) in [5.74, 6) is 1.72. The monoisotopic (exact) mass is 462 g/mol. The molecule has 0 aliphatic carbocycles. The number of methoxy groups -OCH3 is 2. The number of carbonyl (C=O) groups excluding carboxylic acids is 2. The average molecular weight is 463 g/mol. The summed E-state index contributed by atoms with van der Waals surface area (Å²) in [5.41, 5.74) is 4.41. The first kappa shape index (κ1) is 23.4. The molecule has 8 nitrogen and oxygen atoms in total. The van der Waals surface area contributed by atoms with Crippen LogP contribution in [0.2, 0.25) is 0 Å². The summed E-state index contributed by atoms with van der Waals surface area (Å²) < 4.78 is 12.4. The molecular weight excluding hydrogens is 432 g/mol. The highest BCUT2D eigenvalue weighted by Crippen LogP contribution is 2.41. The number of fused-ring (bicyclic) bond motifs is 1. The van der Waals surface area contributed by atoms with Gasteiger partial charge in [0.05, 0.1) is 26.3 Å². The molecule has 4 rings (SSSR count). The average Bonchev–Trinajstić information content (AvgIpc) is 3.33. The van der Waals surface area contributed by atoms with E-state index in [1.165, 1.54) is 5.56 Å². The number of carbonyl (C=O) groups is 2. The second-order valence-corrected chi connectivity index (χ2v) is 8.57. The fourth-order valence-electron chi connectivity index (χ4n) is 4.20. The van der Waals surface area contributed by atoms with Crippen LogP contribution in [-0.4, -0.2) is 35.8 Å². The molecule has 8 heteroatoms. The van der Waals surface area contributed by atoms with Gasteiger partial charge in [0.15, 0.2) is 11.5 Å². The van der Waals surface area contributed by atoms with Gasteiger partial charge in [-0.1, -0.05) is 39.0 Å². The fraction of sp³-hybridized carbons (Fsp3) is 0.346. The summed E-state index contributed by atoms with van der Waals surface area (Å²) in [4.78, 5) is 25.6. The van der Waals surface area contributed by atoms with Crippen LogP contribution in [0.15, 0.2) is 42.5 Å². The normalized spacial score (nSPS) is 14.6. The van der Waals surface area contributed by atoms with Gasteiger partial charge in [0, 0.05) is 11.3 Å². The Morgan fingerprint density at radius 3 is 2.44 bits per heavy atom. The lowest BCUT2D eigenvalue weighted by atomic mass is 10.0.